The topological polar surface area (TPSA) is 82.9 Å². The fourth-order valence-electron chi connectivity index (χ4n) is 2.46. The third kappa shape index (κ3) is 3.34. The number of carbonyl (C=O) groups is 1. The molecule has 1 aliphatic heterocycles. The van der Waals surface area contributed by atoms with Gasteiger partial charge in [-0.25, -0.2) is 8.42 Å². The lowest BCUT2D eigenvalue weighted by Gasteiger charge is -2.15. The quantitative estimate of drug-likeness (QED) is 0.829. The molecule has 1 aromatic heterocycles. The van der Waals surface area contributed by atoms with Crippen LogP contribution in [0.5, 0.6) is 0 Å². The molecular weight excluding hydrogens is 306 g/mol. The molecule has 2 heterocycles. The number of nitrogens with one attached hydrogen (secondary N) is 1. The monoisotopic (exact) mass is 329 g/mol. The first kappa shape index (κ1) is 17.0. The van der Waals surface area contributed by atoms with E-state index in [1.165, 1.54) is 15.3 Å². The van der Waals surface area contributed by atoms with E-state index < -0.39 is 10.0 Å². The molecule has 0 unspecified atom stereocenters. The lowest BCUT2D eigenvalue weighted by Crippen LogP contribution is -2.32. The molecule has 1 amide bonds. The minimum atomic E-state index is -3.57. The van der Waals surface area contributed by atoms with Crippen molar-refractivity contribution in [3.63, 3.8) is 0 Å². The van der Waals surface area contributed by atoms with Crippen molar-refractivity contribution in [1.29, 1.82) is 0 Å². The standard InChI is InChI=1S/C14H23N3O4S/c1-11-13(22(19,20)17-7-4-5-8-17)10-12(21-11)14(18)16(3)9-6-15-2/h10,15H,4-9H2,1-3H3. The SMILES string of the molecule is CNCCN(C)C(=O)c1cc(S(=O)(=O)N2CCCC2)c(C)o1. The van der Waals surface area contributed by atoms with Gasteiger partial charge in [0.05, 0.1) is 0 Å². The molecule has 1 N–H and O–H groups in total. The van der Waals surface area contributed by atoms with Crippen LogP contribution in [-0.4, -0.2) is 63.8 Å². The smallest absolute Gasteiger partial charge is 0.289 e. The maximum atomic E-state index is 12.6. The summed E-state index contributed by atoms with van der Waals surface area (Å²) in [6, 6.07) is 1.35. The van der Waals surface area contributed by atoms with Crippen LogP contribution in [0, 0.1) is 6.92 Å². The van der Waals surface area contributed by atoms with Gasteiger partial charge in [-0.2, -0.15) is 4.31 Å². The molecule has 1 fully saturated rings. The van der Waals surface area contributed by atoms with Crippen LogP contribution < -0.4 is 5.32 Å². The summed E-state index contributed by atoms with van der Waals surface area (Å²) in [5.74, 6) is 0.00682. The van der Waals surface area contributed by atoms with E-state index in [9.17, 15) is 13.2 Å². The predicted octanol–water partition coefficient (Wildman–Crippen LogP) is 0.664. The van der Waals surface area contributed by atoms with Crippen molar-refractivity contribution in [3.05, 3.63) is 17.6 Å². The largest absolute Gasteiger partial charge is 0.455 e. The zero-order valence-electron chi connectivity index (χ0n) is 13.3. The van der Waals surface area contributed by atoms with Gasteiger partial charge in [-0.05, 0) is 26.8 Å². The van der Waals surface area contributed by atoms with Crippen LogP contribution in [0.25, 0.3) is 0 Å². The number of amides is 1. The number of aryl methyl sites for hydroxylation is 1. The molecule has 1 saturated heterocycles. The van der Waals surface area contributed by atoms with Crippen LogP contribution in [0.15, 0.2) is 15.4 Å². The molecule has 0 aliphatic carbocycles. The fourth-order valence-corrected chi connectivity index (χ4v) is 4.14. The zero-order valence-corrected chi connectivity index (χ0v) is 14.1. The molecular formula is C14H23N3O4S. The first-order valence-corrected chi connectivity index (χ1v) is 8.82. The summed E-state index contributed by atoms with van der Waals surface area (Å²) in [4.78, 5) is 13.9. The van der Waals surface area contributed by atoms with Crippen molar-refractivity contribution in [2.24, 2.45) is 0 Å². The van der Waals surface area contributed by atoms with Gasteiger partial charge >= 0.3 is 0 Å². The van der Waals surface area contributed by atoms with E-state index in [1.807, 2.05) is 0 Å². The highest BCUT2D eigenvalue weighted by atomic mass is 32.2. The van der Waals surface area contributed by atoms with E-state index in [1.54, 1.807) is 21.0 Å². The van der Waals surface area contributed by atoms with Gasteiger partial charge in [0.1, 0.15) is 10.7 Å². The Morgan fingerprint density at radius 2 is 2.05 bits per heavy atom. The highest BCUT2D eigenvalue weighted by Crippen LogP contribution is 2.26. The Kier molecular flexibility index (Phi) is 5.25. The predicted molar refractivity (Wildman–Crippen MR) is 82.3 cm³/mol. The van der Waals surface area contributed by atoms with E-state index in [0.717, 1.165) is 12.8 Å². The summed E-state index contributed by atoms with van der Waals surface area (Å²) in [6.45, 7) is 3.80. The second-order valence-electron chi connectivity index (χ2n) is 5.47. The molecule has 0 aromatic carbocycles. The van der Waals surface area contributed by atoms with E-state index in [-0.39, 0.29) is 22.3 Å². The summed E-state index contributed by atoms with van der Waals surface area (Å²) in [6.07, 6.45) is 1.74. The van der Waals surface area contributed by atoms with E-state index in [0.29, 0.717) is 26.2 Å². The summed E-state index contributed by atoms with van der Waals surface area (Å²) in [7, 11) is -0.108. The Morgan fingerprint density at radius 1 is 1.41 bits per heavy atom. The van der Waals surface area contributed by atoms with Crippen molar-refractivity contribution in [2.75, 3.05) is 40.3 Å². The van der Waals surface area contributed by atoms with Crippen molar-refractivity contribution < 1.29 is 17.6 Å². The molecule has 1 aromatic rings. The molecule has 7 nitrogen and oxygen atoms in total. The summed E-state index contributed by atoms with van der Waals surface area (Å²) < 4.78 is 32.0. The van der Waals surface area contributed by atoms with Crippen LogP contribution in [0.4, 0.5) is 0 Å². The molecule has 0 saturated carbocycles. The second-order valence-corrected chi connectivity index (χ2v) is 7.38. The molecule has 124 valence electrons. The lowest BCUT2D eigenvalue weighted by molar-refractivity contribution is 0.0764. The number of nitrogens with zero attached hydrogens (tertiary/aromatic N) is 2. The Hall–Kier alpha value is -1.38. The van der Waals surface area contributed by atoms with Crippen LogP contribution in [-0.2, 0) is 10.0 Å². The van der Waals surface area contributed by atoms with Gasteiger partial charge in [0.2, 0.25) is 10.0 Å². The molecule has 8 heteroatoms. The van der Waals surface area contributed by atoms with Gasteiger partial charge in [-0.1, -0.05) is 0 Å². The molecule has 0 spiro atoms. The van der Waals surface area contributed by atoms with Crippen molar-refractivity contribution in [3.8, 4) is 0 Å². The van der Waals surface area contributed by atoms with E-state index in [2.05, 4.69) is 5.32 Å². The Balaban J connectivity index is 2.22. The number of carbonyl (C=O) groups excluding carboxylic acids is 1. The first-order valence-electron chi connectivity index (χ1n) is 7.38. The maximum Gasteiger partial charge on any atom is 0.289 e. The summed E-state index contributed by atoms with van der Waals surface area (Å²) in [5, 5.41) is 2.96. The van der Waals surface area contributed by atoms with Crippen molar-refractivity contribution in [1.82, 2.24) is 14.5 Å². The lowest BCUT2D eigenvalue weighted by atomic mass is 10.4. The van der Waals surface area contributed by atoms with E-state index >= 15 is 0 Å². The van der Waals surface area contributed by atoms with Gasteiger partial charge in [0.15, 0.2) is 5.76 Å². The number of hydrogen-bond acceptors (Lipinski definition) is 5. The van der Waals surface area contributed by atoms with Gasteiger partial charge in [0, 0.05) is 39.3 Å². The number of furan rings is 1. The molecule has 1 aliphatic rings. The van der Waals surface area contributed by atoms with Gasteiger partial charge in [-0.3, -0.25) is 4.79 Å². The highest BCUT2D eigenvalue weighted by molar-refractivity contribution is 7.89. The van der Waals surface area contributed by atoms with Gasteiger partial charge in [-0.15, -0.1) is 0 Å². The number of rotatable bonds is 6. The highest BCUT2D eigenvalue weighted by Gasteiger charge is 2.32. The summed E-state index contributed by atoms with van der Waals surface area (Å²) in [5.41, 5.74) is 0. The van der Waals surface area contributed by atoms with E-state index in [4.69, 9.17) is 4.42 Å². The number of hydrogen-bond donors (Lipinski definition) is 1. The Labute approximate surface area is 131 Å². The van der Waals surface area contributed by atoms with Crippen LogP contribution in [0.2, 0.25) is 0 Å². The molecule has 0 atom stereocenters. The minimum Gasteiger partial charge on any atom is -0.455 e. The second kappa shape index (κ2) is 6.80. The minimum absolute atomic E-state index is 0.0638. The number of sulfonamides is 1. The average Bonchev–Trinajstić information content (AvgIpc) is 3.13. The summed E-state index contributed by atoms with van der Waals surface area (Å²) >= 11 is 0. The Morgan fingerprint density at radius 3 is 2.64 bits per heavy atom. The third-order valence-corrected chi connectivity index (χ3v) is 5.82. The fraction of sp³-hybridized carbons (Fsp3) is 0.643. The van der Waals surface area contributed by atoms with Gasteiger partial charge in [0.25, 0.3) is 5.91 Å². The normalized spacial score (nSPS) is 16.1. The molecule has 2 rings (SSSR count). The van der Waals surface area contributed by atoms with Crippen molar-refractivity contribution in [2.45, 2.75) is 24.7 Å². The van der Waals surface area contributed by atoms with Crippen LogP contribution >= 0.6 is 0 Å². The molecule has 0 radical (unpaired) electrons. The van der Waals surface area contributed by atoms with Crippen LogP contribution in [0.1, 0.15) is 29.2 Å². The zero-order chi connectivity index (χ0) is 16.3. The Bertz CT molecular complexity index is 633. The van der Waals surface area contributed by atoms with Crippen molar-refractivity contribution >= 4 is 15.9 Å². The number of likely N-dealkylation sites (N-methyl/N-ethyl adjacent to an activating group) is 2. The average molecular weight is 329 g/mol. The van der Waals surface area contributed by atoms with Gasteiger partial charge < -0.3 is 14.6 Å². The molecule has 0 bridgehead atoms. The molecule has 22 heavy (non-hydrogen) atoms. The first-order chi connectivity index (χ1) is 10.4. The third-order valence-electron chi connectivity index (χ3n) is 3.81. The maximum absolute atomic E-state index is 12.6. The van der Waals surface area contributed by atoms with Crippen LogP contribution in [0.3, 0.4) is 0 Å².